The molecule has 2 N–H and O–H groups in total. The second-order valence-electron chi connectivity index (χ2n) is 4.49. The Morgan fingerprint density at radius 3 is 2.94 bits per heavy atom. The number of piperidine rings is 1. The van der Waals surface area contributed by atoms with E-state index in [0.29, 0.717) is 6.10 Å². The molecular formula is C13H20N2O. The third-order valence-electron chi connectivity index (χ3n) is 3.33. The molecule has 1 fully saturated rings. The van der Waals surface area contributed by atoms with E-state index in [-0.39, 0.29) is 0 Å². The Morgan fingerprint density at radius 2 is 2.25 bits per heavy atom. The minimum atomic E-state index is 0.367. The van der Waals surface area contributed by atoms with Crippen LogP contribution in [0.15, 0.2) is 18.2 Å². The summed E-state index contributed by atoms with van der Waals surface area (Å²) in [5, 5.41) is 0. The standard InChI is InChI=1S/C13H20N2O/c1-10-8-11(5-6-13(10)14)15-7-3-4-12(9-15)16-2/h5-6,8,12H,3-4,7,9,14H2,1-2H3. The highest BCUT2D eigenvalue weighted by molar-refractivity contribution is 5.58. The van der Waals surface area contributed by atoms with Gasteiger partial charge in [-0.1, -0.05) is 0 Å². The van der Waals surface area contributed by atoms with Gasteiger partial charge in [-0.05, 0) is 43.5 Å². The number of ether oxygens (including phenoxy) is 1. The maximum Gasteiger partial charge on any atom is 0.0746 e. The fraction of sp³-hybridized carbons (Fsp3) is 0.538. The number of rotatable bonds is 2. The van der Waals surface area contributed by atoms with Gasteiger partial charge in [0.25, 0.3) is 0 Å². The van der Waals surface area contributed by atoms with E-state index in [9.17, 15) is 0 Å². The topological polar surface area (TPSA) is 38.5 Å². The minimum absolute atomic E-state index is 0.367. The Morgan fingerprint density at radius 1 is 1.44 bits per heavy atom. The lowest BCUT2D eigenvalue weighted by Gasteiger charge is -2.33. The van der Waals surface area contributed by atoms with Gasteiger partial charge in [0.1, 0.15) is 0 Å². The van der Waals surface area contributed by atoms with Gasteiger partial charge < -0.3 is 15.4 Å². The number of nitrogens with two attached hydrogens (primary N) is 1. The fourth-order valence-corrected chi connectivity index (χ4v) is 2.22. The summed E-state index contributed by atoms with van der Waals surface area (Å²) in [6, 6.07) is 6.24. The first-order chi connectivity index (χ1) is 7.70. The van der Waals surface area contributed by atoms with Crippen molar-refractivity contribution in [1.82, 2.24) is 0 Å². The lowest BCUT2D eigenvalue weighted by Crippen LogP contribution is -2.39. The normalized spacial score (nSPS) is 21.1. The van der Waals surface area contributed by atoms with Crippen molar-refractivity contribution in [3.63, 3.8) is 0 Å². The van der Waals surface area contributed by atoms with Crippen LogP contribution < -0.4 is 10.6 Å². The molecule has 88 valence electrons. The lowest BCUT2D eigenvalue weighted by molar-refractivity contribution is 0.0893. The molecule has 2 rings (SSSR count). The summed E-state index contributed by atoms with van der Waals surface area (Å²) in [7, 11) is 1.79. The summed E-state index contributed by atoms with van der Waals surface area (Å²) in [6.07, 6.45) is 2.73. The minimum Gasteiger partial charge on any atom is -0.399 e. The number of hydrogen-bond donors (Lipinski definition) is 1. The molecule has 0 aliphatic carbocycles. The summed E-state index contributed by atoms with van der Waals surface area (Å²) < 4.78 is 5.43. The van der Waals surface area contributed by atoms with Crippen LogP contribution in [0.25, 0.3) is 0 Å². The molecule has 0 aromatic heterocycles. The molecule has 1 atom stereocenters. The molecule has 3 nitrogen and oxygen atoms in total. The van der Waals surface area contributed by atoms with Gasteiger partial charge in [0.15, 0.2) is 0 Å². The Kier molecular flexibility index (Phi) is 3.34. The van der Waals surface area contributed by atoms with Gasteiger partial charge >= 0.3 is 0 Å². The van der Waals surface area contributed by atoms with E-state index in [1.165, 1.54) is 18.5 Å². The van der Waals surface area contributed by atoms with Crippen molar-refractivity contribution >= 4 is 11.4 Å². The van der Waals surface area contributed by atoms with Crippen LogP contribution in [0.4, 0.5) is 11.4 Å². The zero-order valence-corrected chi connectivity index (χ0v) is 10.1. The molecule has 1 heterocycles. The number of anilines is 2. The molecular weight excluding hydrogens is 200 g/mol. The monoisotopic (exact) mass is 220 g/mol. The predicted octanol–water partition coefficient (Wildman–Crippen LogP) is 2.19. The van der Waals surface area contributed by atoms with Crippen LogP contribution in [0.1, 0.15) is 18.4 Å². The number of methoxy groups -OCH3 is 1. The summed E-state index contributed by atoms with van der Waals surface area (Å²) in [6.45, 7) is 4.15. The Labute approximate surface area is 97.2 Å². The first kappa shape index (κ1) is 11.3. The van der Waals surface area contributed by atoms with Crippen LogP contribution in [-0.2, 0) is 4.74 Å². The molecule has 0 amide bonds. The number of nitrogens with zero attached hydrogens (tertiary/aromatic N) is 1. The summed E-state index contributed by atoms with van der Waals surface area (Å²) in [5.41, 5.74) is 9.10. The van der Waals surface area contributed by atoms with Gasteiger partial charge in [-0.15, -0.1) is 0 Å². The van der Waals surface area contributed by atoms with E-state index >= 15 is 0 Å². The van der Waals surface area contributed by atoms with Gasteiger partial charge in [0.05, 0.1) is 6.10 Å². The summed E-state index contributed by atoms with van der Waals surface area (Å²) in [4.78, 5) is 2.38. The average molecular weight is 220 g/mol. The van der Waals surface area contributed by atoms with Crippen molar-refractivity contribution < 1.29 is 4.74 Å². The first-order valence-corrected chi connectivity index (χ1v) is 5.84. The number of benzene rings is 1. The van der Waals surface area contributed by atoms with Crippen molar-refractivity contribution in [1.29, 1.82) is 0 Å². The van der Waals surface area contributed by atoms with E-state index in [1.54, 1.807) is 7.11 Å². The van der Waals surface area contributed by atoms with Crippen LogP contribution in [0.2, 0.25) is 0 Å². The van der Waals surface area contributed by atoms with Crippen molar-refractivity contribution in [3.05, 3.63) is 23.8 Å². The molecule has 0 radical (unpaired) electrons. The van der Waals surface area contributed by atoms with E-state index in [2.05, 4.69) is 24.0 Å². The largest absolute Gasteiger partial charge is 0.399 e. The van der Waals surface area contributed by atoms with E-state index in [1.807, 2.05) is 6.07 Å². The zero-order valence-electron chi connectivity index (χ0n) is 10.1. The second kappa shape index (κ2) is 4.74. The average Bonchev–Trinajstić information content (AvgIpc) is 2.33. The molecule has 1 aromatic rings. The molecule has 1 aliphatic rings. The van der Waals surface area contributed by atoms with Gasteiger partial charge in [-0.25, -0.2) is 0 Å². The van der Waals surface area contributed by atoms with Crippen molar-refractivity contribution in [2.75, 3.05) is 30.8 Å². The molecule has 16 heavy (non-hydrogen) atoms. The molecule has 0 bridgehead atoms. The van der Waals surface area contributed by atoms with Gasteiger partial charge in [0.2, 0.25) is 0 Å². The van der Waals surface area contributed by atoms with E-state index in [4.69, 9.17) is 10.5 Å². The predicted molar refractivity (Wildman–Crippen MR) is 67.8 cm³/mol. The lowest BCUT2D eigenvalue weighted by atomic mass is 10.1. The zero-order chi connectivity index (χ0) is 11.5. The van der Waals surface area contributed by atoms with Crippen LogP contribution in [0, 0.1) is 6.92 Å². The van der Waals surface area contributed by atoms with Crippen molar-refractivity contribution in [2.24, 2.45) is 0 Å². The van der Waals surface area contributed by atoms with Gasteiger partial charge in [-0.3, -0.25) is 0 Å². The SMILES string of the molecule is COC1CCCN(c2ccc(N)c(C)c2)C1. The molecule has 1 saturated heterocycles. The van der Waals surface area contributed by atoms with Crippen molar-refractivity contribution in [2.45, 2.75) is 25.9 Å². The maximum atomic E-state index is 5.83. The highest BCUT2D eigenvalue weighted by atomic mass is 16.5. The number of aryl methyl sites for hydroxylation is 1. The summed E-state index contributed by atoms with van der Waals surface area (Å²) >= 11 is 0. The number of nitrogen functional groups attached to an aromatic ring is 1. The smallest absolute Gasteiger partial charge is 0.0746 e. The van der Waals surface area contributed by atoms with Gasteiger partial charge in [0, 0.05) is 31.6 Å². The van der Waals surface area contributed by atoms with Crippen molar-refractivity contribution in [3.8, 4) is 0 Å². The molecule has 1 aliphatic heterocycles. The molecule has 3 heteroatoms. The molecule has 1 unspecified atom stereocenters. The third kappa shape index (κ3) is 2.30. The second-order valence-corrected chi connectivity index (χ2v) is 4.49. The highest BCUT2D eigenvalue weighted by Crippen LogP contribution is 2.24. The van der Waals surface area contributed by atoms with Crippen LogP contribution in [0.3, 0.4) is 0 Å². The van der Waals surface area contributed by atoms with E-state index in [0.717, 1.165) is 24.3 Å². The highest BCUT2D eigenvalue weighted by Gasteiger charge is 2.19. The summed E-state index contributed by atoms with van der Waals surface area (Å²) in [5.74, 6) is 0. The van der Waals surface area contributed by atoms with Crippen LogP contribution in [0.5, 0.6) is 0 Å². The Hall–Kier alpha value is -1.22. The Bertz CT molecular complexity index is 365. The fourth-order valence-electron chi connectivity index (χ4n) is 2.22. The maximum absolute atomic E-state index is 5.83. The molecule has 1 aromatic carbocycles. The molecule has 0 saturated carbocycles. The number of hydrogen-bond acceptors (Lipinski definition) is 3. The van der Waals surface area contributed by atoms with Crippen LogP contribution >= 0.6 is 0 Å². The van der Waals surface area contributed by atoms with Crippen LogP contribution in [-0.4, -0.2) is 26.3 Å². The quantitative estimate of drug-likeness (QED) is 0.776. The third-order valence-corrected chi connectivity index (χ3v) is 3.33. The first-order valence-electron chi connectivity index (χ1n) is 5.84. The Balaban J connectivity index is 2.13. The molecule has 0 spiro atoms. The van der Waals surface area contributed by atoms with E-state index < -0.39 is 0 Å². The van der Waals surface area contributed by atoms with Gasteiger partial charge in [-0.2, -0.15) is 0 Å².